The number of nitrogen functional groups attached to an aromatic ring is 2. The highest BCUT2D eigenvalue weighted by Crippen LogP contribution is 2.44. The predicted molar refractivity (Wildman–Crippen MR) is 144 cm³/mol. The molecular weight excluding hydrogens is 685 g/mol. The standard InChI is InChI=1S/C11H10F2IN7O2.C11H10F2N4O2/c12-6-7(23-11(3-14,8(6)22)19-20-16)4-1-2-5-9(15)17-10(13)18-21(4)5;1-4-8(18)7(12)9(19-4)5-2-3-6-10(14)15-11(13)16-17(5)6/h1-2,6-8,22H,3H2,(H2,15,17,18);2-3,7-9,18H,1H2,(H2,14,15,16)/t6-,7-,8-,11+;7-,8-,9+/m01/s1. The minimum Gasteiger partial charge on any atom is -0.483 e. The molecule has 7 atom stereocenters. The Morgan fingerprint density at radius 3 is 1.98 bits per heavy atom. The van der Waals surface area contributed by atoms with Crippen molar-refractivity contribution in [2.24, 2.45) is 5.11 Å². The molecule has 4 aromatic rings. The molecule has 222 valence electrons. The maximum Gasteiger partial charge on any atom is 0.327 e. The molecule has 0 radical (unpaired) electrons. The second kappa shape index (κ2) is 11.0. The number of hydrogen-bond donors (Lipinski definition) is 4. The third kappa shape index (κ3) is 4.79. The van der Waals surface area contributed by atoms with Gasteiger partial charge in [-0.15, -0.1) is 10.2 Å². The Labute approximate surface area is 245 Å². The highest BCUT2D eigenvalue weighted by atomic mass is 127. The number of aliphatic hydroxyl groups is 2. The SMILES string of the molecule is C=C1O[C@@H](c2ccc3c(N)nc(F)nn23)[C@H](F)[C@@H]1O.[N-]=[N+]=N[C@]1(CI)O[C@@H](c2ccc3c(N)nc(F)nn23)[C@H](F)[C@@H]1O. The normalized spacial score (nSPS) is 28.9. The van der Waals surface area contributed by atoms with Crippen LogP contribution in [-0.2, 0) is 9.47 Å². The molecule has 0 amide bonds. The molecule has 2 saturated heterocycles. The van der Waals surface area contributed by atoms with Gasteiger partial charge < -0.3 is 31.2 Å². The number of nitrogens with two attached hydrogens (primary N) is 2. The topological polar surface area (TPSA) is 220 Å². The number of fused-ring (bicyclic) bond motifs is 2. The zero-order chi connectivity index (χ0) is 30.5. The molecule has 0 unspecified atom stereocenters. The van der Waals surface area contributed by atoms with E-state index in [1.165, 1.54) is 24.3 Å². The van der Waals surface area contributed by atoms with E-state index in [4.69, 9.17) is 26.5 Å². The van der Waals surface area contributed by atoms with Crippen LogP contribution in [0.4, 0.5) is 29.2 Å². The Hall–Kier alpha value is -3.98. The van der Waals surface area contributed by atoms with E-state index in [0.717, 1.165) is 9.03 Å². The number of nitrogens with zero attached hydrogens (tertiary/aromatic N) is 9. The lowest BCUT2D eigenvalue weighted by Gasteiger charge is -2.23. The van der Waals surface area contributed by atoms with Crippen LogP contribution in [0.3, 0.4) is 0 Å². The first kappa shape index (κ1) is 29.5. The summed E-state index contributed by atoms with van der Waals surface area (Å²) in [6, 6.07) is 5.92. The van der Waals surface area contributed by atoms with Crippen molar-refractivity contribution < 1.29 is 37.2 Å². The summed E-state index contributed by atoms with van der Waals surface area (Å²) >= 11 is 1.82. The van der Waals surface area contributed by atoms with Gasteiger partial charge in [0.05, 0.1) is 11.4 Å². The molecular formula is C22H20F4IN11O4. The van der Waals surface area contributed by atoms with Gasteiger partial charge in [-0.3, -0.25) is 0 Å². The summed E-state index contributed by atoms with van der Waals surface area (Å²) in [6.45, 7) is 3.41. The zero-order valence-electron chi connectivity index (χ0n) is 21.0. The lowest BCUT2D eigenvalue weighted by atomic mass is 10.0. The van der Waals surface area contributed by atoms with Crippen molar-refractivity contribution in [1.82, 2.24) is 29.2 Å². The van der Waals surface area contributed by atoms with Crippen LogP contribution in [0.15, 0.2) is 41.7 Å². The first-order valence-electron chi connectivity index (χ1n) is 11.8. The van der Waals surface area contributed by atoms with Crippen molar-refractivity contribution in [2.45, 2.75) is 42.5 Å². The fourth-order valence-corrected chi connectivity index (χ4v) is 5.39. The molecule has 6 N–H and O–H groups in total. The first-order chi connectivity index (χ1) is 19.9. The molecule has 2 fully saturated rings. The number of rotatable bonds is 4. The summed E-state index contributed by atoms with van der Waals surface area (Å²) in [4.78, 5) is 9.35. The van der Waals surface area contributed by atoms with Crippen molar-refractivity contribution in [3.63, 3.8) is 0 Å². The summed E-state index contributed by atoms with van der Waals surface area (Å²) < 4.78 is 67.8. The first-order valence-corrected chi connectivity index (χ1v) is 13.4. The van der Waals surface area contributed by atoms with Gasteiger partial charge in [0, 0.05) is 9.34 Å². The van der Waals surface area contributed by atoms with Gasteiger partial charge in [0.15, 0.2) is 35.8 Å². The van der Waals surface area contributed by atoms with Crippen molar-refractivity contribution >= 4 is 45.3 Å². The Balaban J connectivity index is 0.000000171. The average Bonchev–Trinajstić information content (AvgIpc) is 3.68. The van der Waals surface area contributed by atoms with E-state index in [0.29, 0.717) is 5.52 Å². The summed E-state index contributed by atoms with van der Waals surface area (Å²) in [5.41, 5.74) is 19.0. The molecule has 42 heavy (non-hydrogen) atoms. The summed E-state index contributed by atoms with van der Waals surface area (Å²) in [6.07, 6.45) is -11.2. The summed E-state index contributed by atoms with van der Waals surface area (Å²) in [5.74, 6) is -0.255. The Bertz CT molecular complexity index is 1730. The lowest BCUT2D eigenvalue weighted by Crippen LogP contribution is -2.41. The van der Waals surface area contributed by atoms with E-state index in [1.807, 2.05) is 22.6 Å². The lowest BCUT2D eigenvalue weighted by molar-refractivity contribution is -0.0612. The smallest absolute Gasteiger partial charge is 0.327 e. The molecule has 4 aromatic heterocycles. The van der Waals surface area contributed by atoms with E-state index in [1.54, 1.807) is 0 Å². The van der Waals surface area contributed by atoms with Crippen LogP contribution >= 0.6 is 22.6 Å². The van der Waals surface area contributed by atoms with E-state index in [9.17, 15) is 27.8 Å². The van der Waals surface area contributed by atoms with Gasteiger partial charge >= 0.3 is 12.2 Å². The predicted octanol–water partition coefficient (Wildman–Crippen LogP) is 2.40. The van der Waals surface area contributed by atoms with Crippen LogP contribution in [-0.4, -0.2) is 74.1 Å². The highest BCUT2D eigenvalue weighted by Gasteiger charge is 2.55. The minimum absolute atomic E-state index is 0.0295. The number of azide groups is 1. The molecule has 20 heteroatoms. The van der Waals surface area contributed by atoms with Crippen molar-refractivity contribution in [3.8, 4) is 0 Å². The van der Waals surface area contributed by atoms with Gasteiger partial charge in [0.2, 0.25) is 0 Å². The quantitative estimate of drug-likeness (QED) is 0.0607. The maximum atomic E-state index is 14.5. The highest BCUT2D eigenvalue weighted by molar-refractivity contribution is 14.1. The van der Waals surface area contributed by atoms with Gasteiger partial charge in [-0.25, -0.2) is 17.8 Å². The summed E-state index contributed by atoms with van der Waals surface area (Å²) in [7, 11) is 0. The Morgan fingerprint density at radius 2 is 1.52 bits per heavy atom. The number of aromatic nitrogens is 6. The van der Waals surface area contributed by atoms with Crippen molar-refractivity contribution in [1.29, 1.82) is 0 Å². The molecule has 6 rings (SSSR count). The van der Waals surface area contributed by atoms with Crippen LogP contribution in [0.2, 0.25) is 0 Å². The van der Waals surface area contributed by atoms with E-state index < -0.39 is 54.6 Å². The largest absolute Gasteiger partial charge is 0.483 e. The van der Waals surface area contributed by atoms with E-state index in [-0.39, 0.29) is 38.7 Å². The number of halogens is 5. The molecule has 0 bridgehead atoms. The monoisotopic (exact) mass is 705 g/mol. The molecule has 0 saturated carbocycles. The van der Waals surface area contributed by atoms with Gasteiger partial charge in [0.25, 0.3) is 0 Å². The fourth-order valence-electron chi connectivity index (χ4n) is 4.61. The van der Waals surface area contributed by atoms with Crippen LogP contribution in [0.5, 0.6) is 0 Å². The number of anilines is 2. The van der Waals surface area contributed by atoms with Crippen LogP contribution in [0, 0.1) is 12.2 Å². The molecule has 6 heterocycles. The molecule has 0 aromatic carbocycles. The van der Waals surface area contributed by atoms with E-state index in [2.05, 4.69) is 36.8 Å². The molecule has 15 nitrogen and oxygen atoms in total. The summed E-state index contributed by atoms with van der Waals surface area (Å²) in [5, 5.41) is 30.0. The third-order valence-corrected chi connectivity index (χ3v) is 7.75. The number of alkyl halides is 3. The fraction of sp³-hybridized carbons (Fsp3) is 0.364. The van der Waals surface area contributed by atoms with E-state index >= 15 is 0 Å². The van der Waals surface area contributed by atoms with Gasteiger partial charge in [-0.2, -0.15) is 18.7 Å². The third-order valence-electron chi connectivity index (χ3n) is 6.66. The van der Waals surface area contributed by atoms with Crippen molar-refractivity contribution in [3.05, 3.63) is 70.6 Å². The Kier molecular flexibility index (Phi) is 7.74. The average molecular weight is 705 g/mol. The van der Waals surface area contributed by atoms with Crippen molar-refractivity contribution in [2.75, 3.05) is 15.9 Å². The number of aliphatic hydroxyl groups excluding tert-OH is 2. The number of hydrogen-bond acceptors (Lipinski definition) is 11. The molecule has 2 aliphatic rings. The van der Waals surface area contributed by atoms with Gasteiger partial charge in [-0.05, 0) is 29.8 Å². The molecule has 2 aliphatic heterocycles. The maximum absolute atomic E-state index is 14.5. The second-order valence-electron chi connectivity index (χ2n) is 9.13. The minimum atomic E-state index is -1.90. The molecule has 0 spiro atoms. The van der Waals surface area contributed by atoms with Crippen LogP contribution < -0.4 is 11.5 Å². The Morgan fingerprint density at radius 1 is 1.00 bits per heavy atom. The van der Waals surface area contributed by atoms with Gasteiger partial charge in [-0.1, -0.05) is 34.3 Å². The zero-order valence-corrected chi connectivity index (χ0v) is 23.1. The van der Waals surface area contributed by atoms with Crippen LogP contribution in [0.25, 0.3) is 21.5 Å². The van der Waals surface area contributed by atoms with Crippen LogP contribution in [0.1, 0.15) is 23.6 Å². The van der Waals surface area contributed by atoms with Gasteiger partial charge in [0.1, 0.15) is 35.1 Å². The molecule has 0 aliphatic carbocycles. The second-order valence-corrected chi connectivity index (χ2v) is 9.90. The number of ether oxygens (including phenoxy) is 2.